The molecule has 3 nitrogen and oxygen atoms in total. The van der Waals surface area contributed by atoms with Crippen LogP contribution < -0.4 is 10.6 Å². The topological polar surface area (TPSA) is 42.2 Å². The highest BCUT2D eigenvalue weighted by atomic mass is 32.1. The summed E-state index contributed by atoms with van der Waals surface area (Å²) >= 11 is 1.80. The van der Waals surface area contributed by atoms with Crippen LogP contribution >= 0.6 is 11.3 Å². The zero-order valence-electron chi connectivity index (χ0n) is 11.8. The predicted octanol–water partition coefficient (Wildman–Crippen LogP) is 3.18. The molecule has 0 spiro atoms. The summed E-state index contributed by atoms with van der Waals surface area (Å²) in [5, 5.41) is 1.20. The first-order valence-corrected chi connectivity index (χ1v) is 7.92. The number of thiazole rings is 1. The molecule has 4 heteroatoms. The summed E-state index contributed by atoms with van der Waals surface area (Å²) in [6.45, 7) is 8.51. The number of aromatic nitrogens is 1. The second-order valence-electron chi connectivity index (χ2n) is 5.53. The van der Waals surface area contributed by atoms with Crippen molar-refractivity contribution in [1.29, 1.82) is 0 Å². The van der Waals surface area contributed by atoms with E-state index in [1.807, 2.05) is 0 Å². The summed E-state index contributed by atoms with van der Waals surface area (Å²) in [6, 6.07) is 0.741. The van der Waals surface area contributed by atoms with Gasteiger partial charge in [-0.05, 0) is 31.6 Å². The summed E-state index contributed by atoms with van der Waals surface area (Å²) < 4.78 is 0. The first kappa shape index (κ1) is 13.8. The van der Waals surface area contributed by atoms with E-state index in [4.69, 9.17) is 10.7 Å². The van der Waals surface area contributed by atoms with Gasteiger partial charge in [0.2, 0.25) is 0 Å². The number of hydrogen-bond donors (Lipinski definition) is 1. The fraction of sp³-hybridized carbons (Fsp3) is 0.786. The van der Waals surface area contributed by atoms with E-state index in [9.17, 15) is 0 Å². The van der Waals surface area contributed by atoms with Crippen LogP contribution in [0.15, 0.2) is 0 Å². The van der Waals surface area contributed by atoms with Crippen molar-refractivity contribution < 1.29 is 0 Å². The van der Waals surface area contributed by atoms with E-state index in [1.165, 1.54) is 35.0 Å². The van der Waals surface area contributed by atoms with Gasteiger partial charge in [-0.1, -0.05) is 20.8 Å². The first-order valence-electron chi connectivity index (χ1n) is 7.11. The molecule has 1 fully saturated rings. The van der Waals surface area contributed by atoms with Gasteiger partial charge < -0.3 is 10.6 Å². The van der Waals surface area contributed by atoms with Crippen molar-refractivity contribution in [2.45, 2.75) is 59.0 Å². The largest absolute Gasteiger partial charge is 0.345 e. The summed E-state index contributed by atoms with van der Waals surface area (Å²) in [6.07, 6.45) is 4.90. The van der Waals surface area contributed by atoms with Crippen LogP contribution in [-0.2, 0) is 13.0 Å². The third kappa shape index (κ3) is 3.23. The van der Waals surface area contributed by atoms with E-state index in [1.54, 1.807) is 11.3 Å². The molecule has 0 atom stereocenters. The lowest BCUT2D eigenvalue weighted by Gasteiger charge is -2.22. The summed E-state index contributed by atoms with van der Waals surface area (Å²) in [7, 11) is 0. The Bertz CT molecular complexity index is 361. The van der Waals surface area contributed by atoms with Crippen LogP contribution in [0.2, 0.25) is 0 Å². The van der Waals surface area contributed by atoms with Crippen LogP contribution in [0.5, 0.6) is 0 Å². The molecule has 0 amide bonds. The highest BCUT2D eigenvalue weighted by molar-refractivity contribution is 7.15. The van der Waals surface area contributed by atoms with E-state index in [0.717, 1.165) is 24.9 Å². The molecule has 0 unspecified atom stereocenters. The van der Waals surface area contributed by atoms with Crippen LogP contribution in [0.3, 0.4) is 0 Å². The Hall–Kier alpha value is -0.610. The Morgan fingerprint density at radius 3 is 2.61 bits per heavy atom. The maximum Gasteiger partial charge on any atom is 0.186 e. The Morgan fingerprint density at radius 2 is 2.17 bits per heavy atom. The van der Waals surface area contributed by atoms with Crippen LogP contribution in [0, 0.1) is 5.92 Å². The molecule has 0 radical (unpaired) electrons. The predicted molar refractivity (Wildman–Crippen MR) is 79.2 cm³/mol. The van der Waals surface area contributed by atoms with Crippen LogP contribution in [-0.4, -0.2) is 17.6 Å². The van der Waals surface area contributed by atoms with Gasteiger partial charge in [0.25, 0.3) is 0 Å². The van der Waals surface area contributed by atoms with Gasteiger partial charge in [0.15, 0.2) is 5.13 Å². The molecule has 1 aliphatic rings. The third-order valence-corrected chi connectivity index (χ3v) is 4.63. The Balaban J connectivity index is 2.12. The highest BCUT2D eigenvalue weighted by Gasteiger charge is 2.31. The van der Waals surface area contributed by atoms with E-state index in [-0.39, 0.29) is 0 Å². The van der Waals surface area contributed by atoms with Crippen molar-refractivity contribution in [3.05, 3.63) is 10.6 Å². The van der Waals surface area contributed by atoms with Gasteiger partial charge in [-0.15, -0.1) is 11.3 Å². The van der Waals surface area contributed by atoms with Crippen molar-refractivity contribution in [2.75, 3.05) is 11.4 Å². The number of hydrogen-bond acceptors (Lipinski definition) is 4. The molecule has 0 aromatic carbocycles. The van der Waals surface area contributed by atoms with Crippen molar-refractivity contribution in [2.24, 2.45) is 11.7 Å². The molecular formula is C14H25N3S. The fourth-order valence-electron chi connectivity index (χ4n) is 2.15. The van der Waals surface area contributed by atoms with Crippen LogP contribution in [0.1, 0.15) is 50.6 Å². The van der Waals surface area contributed by atoms with Gasteiger partial charge in [0.05, 0.1) is 5.69 Å². The normalized spacial score (nSPS) is 15.4. The fourth-order valence-corrected chi connectivity index (χ4v) is 3.27. The summed E-state index contributed by atoms with van der Waals surface area (Å²) in [5.41, 5.74) is 7.01. The van der Waals surface area contributed by atoms with Crippen molar-refractivity contribution in [3.63, 3.8) is 0 Å². The molecule has 2 rings (SSSR count). The number of anilines is 1. The molecule has 0 saturated heterocycles. The van der Waals surface area contributed by atoms with Gasteiger partial charge in [-0.2, -0.15) is 0 Å². The molecule has 1 saturated carbocycles. The van der Waals surface area contributed by atoms with Gasteiger partial charge in [0.1, 0.15) is 0 Å². The summed E-state index contributed by atoms with van der Waals surface area (Å²) in [5.74, 6) is 0.755. The van der Waals surface area contributed by atoms with Gasteiger partial charge >= 0.3 is 0 Å². The molecular weight excluding hydrogens is 242 g/mol. The molecule has 2 N–H and O–H groups in total. The molecule has 102 valence electrons. The monoisotopic (exact) mass is 267 g/mol. The van der Waals surface area contributed by atoms with Gasteiger partial charge in [-0.25, -0.2) is 4.98 Å². The first-order chi connectivity index (χ1) is 8.65. The molecule has 18 heavy (non-hydrogen) atoms. The average molecular weight is 267 g/mol. The number of aryl methyl sites for hydroxylation is 1. The average Bonchev–Trinajstić information content (AvgIpc) is 3.08. The zero-order chi connectivity index (χ0) is 13.1. The quantitative estimate of drug-likeness (QED) is 0.825. The molecule has 0 bridgehead atoms. The molecule has 0 aliphatic heterocycles. The van der Waals surface area contributed by atoms with E-state index in [0.29, 0.717) is 6.54 Å². The van der Waals surface area contributed by atoms with Crippen LogP contribution in [0.25, 0.3) is 0 Å². The minimum absolute atomic E-state index is 0.628. The standard InChI is InChI=1S/C14H25N3S/c1-4-12-13(9-15)18-14(16-12)17(11-5-6-11)8-7-10(2)3/h10-11H,4-9,15H2,1-3H3. The lowest BCUT2D eigenvalue weighted by molar-refractivity contribution is 0.570. The number of nitrogens with zero attached hydrogens (tertiary/aromatic N) is 2. The SMILES string of the molecule is CCc1nc(N(CCC(C)C)C2CC2)sc1CN. The number of rotatable bonds is 7. The summed E-state index contributed by atoms with van der Waals surface area (Å²) in [4.78, 5) is 8.59. The number of nitrogens with two attached hydrogens (primary N) is 1. The van der Waals surface area contributed by atoms with Crippen molar-refractivity contribution >= 4 is 16.5 Å². The Labute approximate surface area is 114 Å². The zero-order valence-corrected chi connectivity index (χ0v) is 12.6. The van der Waals surface area contributed by atoms with Crippen LogP contribution in [0.4, 0.5) is 5.13 Å². The maximum absolute atomic E-state index is 5.81. The maximum atomic E-state index is 5.81. The molecule has 1 aromatic heterocycles. The van der Waals surface area contributed by atoms with Crippen molar-refractivity contribution in [1.82, 2.24) is 4.98 Å². The highest BCUT2D eigenvalue weighted by Crippen LogP contribution is 2.35. The van der Waals surface area contributed by atoms with Gasteiger partial charge in [0, 0.05) is 24.0 Å². The minimum atomic E-state index is 0.628. The Morgan fingerprint density at radius 1 is 1.44 bits per heavy atom. The second kappa shape index (κ2) is 6.02. The lowest BCUT2D eigenvalue weighted by atomic mass is 10.1. The smallest absolute Gasteiger partial charge is 0.186 e. The third-order valence-electron chi connectivity index (χ3n) is 3.47. The van der Waals surface area contributed by atoms with Gasteiger partial charge in [-0.3, -0.25) is 0 Å². The second-order valence-corrected chi connectivity index (χ2v) is 6.59. The van der Waals surface area contributed by atoms with E-state index < -0.39 is 0 Å². The Kier molecular flexibility index (Phi) is 4.62. The minimum Gasteiger partial charge on any atom is -0.345 e. The lowest BCUT2D eigenvalue weighted by Crippen LogP contribution is -2.27. The molecule has 1 aliphatic carbocycles. The van der Waals surface area contributed by atoms with E-state index in [2.05, 4.69) is 25.7 Å². The molecule has 1 aromatic rings. The van der Waals surface area contributed by atoms with Crippen molar-refractivity contribution in [3.8, 4) is 0 Å². The molecule has 1 heterocycles. The van der Waals surface area contributed by atoms with E-state index >= 15 is 0 Å².